The average Bonchev–Trinajstić information content (AvgIpc) is 3.67. The first-order chi connectivity index (χ1) is 18.6. The summed E-state index contributed by atoms with van der Waals surface area (Å²) in [6.07, 6.45) is 14.7. The van der Waals surface area contributed by atoms with Gasteiger partial charge in [-0.1, -0.05) is 42.0 Å². The first kappa shape index (κ1) is 37.0. The van der Waals surface area contributed by atoms with E-state index in [2.05, 4.69) is 72.0 Å². The van der Waals surface area contributed by atoms with Gasteiger partial charge in [0, 0.05) is 11.6 Å². The van der Waals surface area contributed by atoms with Crippen molar-refractivity contribution in [1.29, 1.82) is 0 Å². The van der Waals surface area contributed by atoms with Crippen LogP contribution in [0.2, 0.25) is 0 Å². The van der Waals surface area contributed by atoms with E-state index < -0.39 is 0 Å². The average molecular weight is 651 g/mol. The molecule has 5 heteroatoms. The van der Waals surface area contributed by atoms with Gasteiger partial charge in [-0.3, -0.25) is 14.9 Å². The van der Waals surface area contributed by atoms with Crippen LogP contribution in [-0.4, -0.2) is 4.21 Å². The second-order valence-corrected chi connectivity index (χ2v) is 7.77. The summed E-state index contributed by atoms with van der Waals surface area (Å²) in [5.74, 6) is -0.468. The molecule has 4 aromatic carbocycles. The number of rotatable bonds is 2. The fourth-order valence-corrected chi connectivity index (χ4v) is 3.45. The summed E-state index contributed by atoms with van der Waals surface area (Å²) in [5.41, 5.74) is 7.56. The zero-order valence-corrected chi connectivity index (χ0v) is 26.1. The zero-order chi connectivity index (χ0) is 27.6. The fraction of sp³-hybridized carbons (Fsp3) is 0.0571. The van der Waals surface area contributed by atoms with Gasteiger partial charge in [0.1, 0.15) is 0 Å². The Morgan fingerprint density at radius 3 is 1.77 bits per heavy atom. The Balaban J connectivity index is 0.000000554. The van der Waals surface area contributed by atoms with Crippen LogP contribution in [-0.2, 0) is 30.7 Å². The molecule has 0 atom stereocenters. The van der Waals surface area contributed by atoms with E-state index >= 15 is 0 Å². The summed E-state index contributed by atoms with van der Waals surface area (Å²) in [7, 11) is 0. The molecule has 6 rings (SSSR count). The number of hydrogen-bond donors (Lipinski definition) is 0. The maximum atomic E-state index is 11.9. The van der Waals surface area contributed by atoms with Gasteiger partial charge in [0.2, 0.25) is 0 Å². The standard InChI is InChI=1S/C17H13.2C6H4F.C5H5.CH2.2ClH.Zr/c1-3-12-5-7-14-11-15-8-6-13(4-2)10-17(15)16(14)9-12;2*7-6-4-2-1-3-5-6;1-2-4-5-3-1;;;;/h3-7,9-10H,1-2,11H2;2*1-2,4-5H;1-3H,4H2;1H2;2*1H;/q4*-1;;;;. The van der Waals surface area contributed by atoms with Gasteiger partial charge in [0.05, 0.1) is 0 Å². The minimum absolute atomic E-state index is 0. The predicted molar refractivity (Wildman–Crippen MR) is 167 cm³/mol. The van der Waals surface area contributed by atoms with E-state index in [-0.39, 0.29) is 36.4 Å². The Morgan fingerprint density at radius 2 is 1.38 bits per heavy atom. The van der Waals surface area contributed by atoms with Crippen molar-refractivity contribution in [1.82, 2.24) is 0 Å². The Morgan fingerprint density at radius 1 is 0.775 bits per heavy atom. The zero-order valence-electron chi connectivity index (χ0n) is 22.0. The van der Waals surface area contributed by atoms with Crippen molar-refractivity contribution in [3.05, 3.63) is 168 Å². The van der Waals surface area contributed by atoms with Gasteiger partial charge in [0.25, 0.3) is 0 Å². The second kappa shape index (κ2) is 21.8. The van der Waals surface area contributed by atoms with E-state index in [9.17, 15) is 8.78 Å². The summed E-state index contributed by atoms with van der Waals surface area (Å²) >= 11 is 1.30. The van der Waals surface area contributed by atoms with Crippen LogP contribution in [0.25, 0.3) is 23.3 Å². The van der Waals surface area contributed by atoms with Crippen LogP contribution >= 0.6 is 24.8 Å². The summed E-state index contributed by atoms with van der Waals surface area (Å²) in [5, 5.41) is 0. The van der Waals surface area contributed by atoms with Gasteiger partial charge >= 0.3 is 28.4 Å². The topological polar surface area (TPSA) is 0 Å². The van der Waals surface area contributed by atoms with Crippen LogP contribution in [0.3, 0.4) is 0 Å². The van der Waals surface area contributed by atoms with Crippen molar-refractivity contribution in [2.24, 2.45) is 0 Å². The van der Waals surface area contributed by atoms with Crippen LogP contribution < -0.4 is 0 Å². The molecular weight excluding hydrogens is 621 g/mol. The van der Waals surface area contributed by atoms with Crippen LogP contribution in [0.4, 0.5) is 8.78 Å². The maximum absolute atomic E-state index is 11.9. The van der Waals surface area contributed by atoms with Crippen molar-refractivity contribution >= 4 is 41.2 Å². The molecule has 40 heavy (non-hydrogen) atoms. The molecule has 0 saturated heterocycles. The van der Waals surface area contributed by atoms with E-state index in [0.29, 0.717) is 0 Å². The third-order valence-electron chi connectivity index (χ3n) is 5.24. The molecule has 4 aromatic rings. The van der Waals surface area contributed by atoms with E-state index in [1.165, 1.54) is 76.3 Å². The molecule has 0 radical (unpaired) electrons. The van der Waals surface area contributed by atoms with Gasteiger partial charge in [-0.2, -0.15) is 66.2 Å². The molecule has 0 bridgehead atoms. The molecule has 0 heterocycles. The third kappa shape index (κ3) is 12.9. The number of benzene rings is 4. The van der Waals surface area contributed by atoms with Crippen LogP contribution in [0.1, 0.15) is 28.7 Å². The van der Waals surface area contributed by atoms with Gasteiger partial charge in [-0.15, -0.1) is 79.3 Å². The van der Waals surface area contributed by atoms with Gasteiger partial charge in [0.15, 0.2) is 0 Å². The minimum atomic E-state index is -0.234. The van der Waals surface area contributed by atoms with E-state index in [4.69, 9.17) is 0 Å². The Hall–Kier alpha value is -2.97. The SMILES string of the molecule is C=Cc1c[c-]c2c(c1)-c1cc(C=C)ccc1C2.Cl.Cl.Fc1c[c-]ccc1.Fc1c[c-]ccc1.[C-]1=CC=CC1.[CH2]=[Zr]. The number of allylic oxidation sites excluding steroid dienone is 4. The normalized spacial score (nSPS) is 10.3. The van der Waals surface area contributed by atoms with Gasteiger partial charge in [-0.25, -0.2) is 12.2 Å². The quantitative estimate of drug-likeness (QED) is 0.167. The first-order valence-corrected chi connectivity index (χ1v) is 13.6. The molecule has 206 valence electrons. The number of halogens is 4. The summed E-state index contributed by atoms with van der Waals surface area (Å²) in [6.45, 7) is 7.63. The molecule has 0 aliphatic heterocycles. The molecule has 0 nitrogen and oxygen atoms in total. The molecule has 2 aliphatic carbocycles. The molecule has 0 N–H and O–H groups in total. The van der Waals surface area contributed by atoms with Crippen molar-refractivity contribution < 1.29 is 33.0 Å². The molecular formula is C35H30Cl2F2Zr-4. The Kier molecular flexibility index (Phi) is 20.2. The summed E-state index contributed by atoms with van der Waals surface area (Å²) in [4.78, 5) is 0. The predicted octanol–water partition coefficient (Wildman–Crippen LogP) is 9.71. The fourth-order valence-electron chi connectivity index (χ4n) is 3.45. The molecule has 2 aliphatic rings. The van der Waals surface area contributed by atoms with Gasteiger partial charge in [-0.05, 0) is 12.0 Å². The summed E-state index contributed by atoms with van der Waals surface area (Å²) < 4.78 is 27.1. The number of fused-ring (bicyclic) bond motifs is 3. The molecule has 0 spiro atoms. The van der Waals surface area contributed by atoms with Crippen LogP contribution in [0.15, 0.2) is 110 Å². The van der Waals surface area contributed by atoms with Crippen molar-refractivity contribution in [3.8, 4) is 11.1 Å². The third-order valence-corrected chi connectivity index (χ3v) is 5.24. The monoisotopic (exact) mass is 648 g/mol. The van der Waals surface area contributed by atoms with E-state index in [1.807, 2.05) is 30.4 Å². The second-order valence-electron chi connectivity index (χ2n) is 7.77. The number of hydrogen-bond acceptors (Lipinski definition) is 0. The van der Waals surface area contributed by atoms with E-state index in [0.717, 1.165) is 18.4 Å². The van der Waals surface area contributed by atoms with Crippen molar-refractivity contribution in [3.63, 3.8) is 0 Å². The Bertz CT molecular complexity index is 1250. The molecule has 0 aromatic heterocycles. The molecule has 0 unspecified atom stereocenters. The van der Waals surface area contributed by atoms with Crippen LogP contribution in [0.5, 0.6) is 0 Å². The Labute approximate surface area is 265 Å². The summed E-state index contributed by atoms with van der Waals surface area (Å²) in [6, 6.07) is 31.1. The molecule has 0 fully saturated rings. The van der Waals surface area contributed by atoms with Gasteiger partial charge < -0.3 is 0 Å². The van der Waals surface area contributed by atoms with Crippen molar-refractivity contribution in [2.45, 2.75) is 12.8 Å². The molecule has 0 saturated carbocycles. The first-order valence-electron chi connectivity index (χ1n) is 11.8. The molecule has 0 amide bonds. The van der Waals surface area contributed by atoms with Crippen molar-refractivity contribution in [2.75, 3.05) is 0 Å². The van der Waals surface area contributed by atoms with E-state index in [1.54, 1.807) is 24.3 Å². The van der Waals surface area contributed by atoms with Crippen LogP contribution in [0, 0.1) is 35.9 Å².